The highest BCUT2D eigenvalue weighted by Gasteiger charge is 2.38. The number of aryl methyl sites for hydroxylation is 1. The molecule has 0 saturated heterocycles. The minimum absolute atomic E-state index is 0.0737. The molecule has 6 nitrogen and oxygen atoms in total. The van der Waals surface area contributed by atoms with Crippen LogP contribution in [0.2, 0.25) is 0 Å². The van der Waals surface area contributed by atoms with Crippen LogP contribution in [-0.2, 0) is 7.05 Å². The smallest absolute Gasteiger partial charge is 0.364 e. The Balaban J connectivity index is 1.55. The quantitative estimate of drug-likeness (QED) is 0.655. The molecule has 19 heavy (non-hydrogen) atoms. The molecule has 0 aliphatic heterocycles. The van der Waals surface area contributed by atoms with Crippen molar-refractivity contribution in [3.8, 4) is 0 Å². The van der Waals surface area contributed by atoms with E-state index in [9.17, 15) is 10.1 Å². The Hall–Kier alpha value is -1.59. The second-order valence-electron chi connectivity index (χ2n) is 5.94. The molecule has 1 heterocycles. The number of nitro groups is 1. The SMILES string of the molecule is Cn1cnc([N+](=O)[O-])c1NCC[C@@H]1C[C@H]2CC[C@H]1C2. The maximum absolute atomic E-state index is 10.8. The second-order valence-corrected chi connectivity index (χ2v) is 5.94. The van der Waals surface area contributed by atoms with Crippen LogP contribution in [0.3, 0.4) is 0 Å². The molecule has 2 fully saturated rings. The van der Waals surface area contributed by atoms with Gasteiger partial charge < -0.3 is 15.4 Å². The minimum atomic E-state index is -0.431. The van der Waals surface area contributed by atoms with Gasteiger partial charge in [0.2, 0.25) is 12.1 Å². The highest BCUT2D eigenvalue weighted by atomic mass is 16.6. The van der Waals surface area contributed by atoms with Crippen LogP contribution in [0.25, 0.3) is 0 Å². The topological polar surface area (TPSA) is 73.0 Å². The molecule has 1 aromatic rings. The predicted molar refractivity (Wildman–Crippen MR) is 71.9 cm³/mol. The van der Waals surface area contributed by atoms with Crippen molar-refractivity contribution in [1.29, 1.82) is 0 Å². The Bertz CT molecular complexity index is 485. The van der Waals surface area contributed by atoms with E-state index in [4.69, 9.17) is 0 Å². The first-order valence-corrected chi connectivity index (χ1v) is 7.04. The van der Waals surface area contributed by atoms with E-state index in [1.165, 1.54) is 32.0 Å². The van der Waals surface area contributed by atoms with E-state index in [2.05, 4.69) is 10.3 Å². The third kappa shape index (κ3) is 2.31. The molecule has 2 aliphatic rings. The fourth-order valence-corrected chi connectivity index (χ4v) is 3.86. The van der Waals surface area contributed by atoms with E-state index >= 15 is 0 Å². The molecular weight excluding hydrogens is 244 g/mol. The normalized spacial score (nSPS) is 28.8. The zero-order chi connectivity index (χ0) is 13.4. The lowest BCUT2D eigenvalue weighted by Gasteiger charge is -2.21. The van der Waals surface area contributed by atoms with Crippen LogP contribution in [0.4, 0.5) is 11.6 Å². The molecular formula is C13H20N4O2. The Morgan fingerprint density at radius 2 is 2.37 bits per heavy atom. The maximum Gasteiger partial charge on any atom is 0.406 e. The van der Waals surface area contributed by atoms with E-state index < -0.39 is 4.92 Å². The summed E-state index contributed by atoms with van der Waals surface area (Å²) in [7, 11) is 1.78. The van der Waals surface area contributed by atoms with Crippen LogP contribution in [0, 0.1) is 27.9 Å². The van der Waals surface area contributed by atoms with Crippen molar-refractivity contribution >= 4 is 11.6 Å². The van der Waals surface area contributed by atoms with Crippen molar-refractivity contribution in [2.24, 2.45) is 24.8 Å². The lowest BCUT2D eigenvalue weighted by molar-refractivity contribution is -0.388. The molecule has 1 N–H and O–H groups in total. The molecule has 0 spiro atoms. The van der Waals surface area contributed by atoms with Gasteiger partial charge in [0.25, 0.3) is 0 Å². The number of fused-ring (bicyclic) bond motifs is 2. The monoisotopic (exact) mass is 264 g/mol. The van der Waals surface area contributed by atoms with E-state index in [1.54, 1.807) is 11.6 Å². The Morgan fingerprint density at radius 1 is 1.53 bits per heavy atom. The summed E-state index contributed by atoms with van der Waals surface area (Å²) >= 11 is 0. The zero-order valence-corrected chi connectivity index (χ0v) is 11.2. The minimum Gasteiger partial charge on any atom is -0.364 e. The van der Waals surface area contributed by atoms with Gasteiger partial charge in [0.05, 0.1) is 0 Å². The zero-order valence-electron chi connectivity index (χ0n) is 11.2. The van der Waals surface area contributed by atoms with Crippen LogP contribution in [0.15, 0.2) is 6.33 Å². The molecule has 3 atom stereocenters. The lowest BCUT2D eigenvalue weighted by Crippen LogP contribution is -2.16. The molecule has 0 radical (unpaired) electrons. The average Bonchev–Trinajstić information content (AvgIpc) is 3.05. The van der Waals surface area contributed by atoms with Gasteiger partial charge in [-0.15, -0.1) is 0 Å². The van der Waals surface area contributed by atoms with Gasteiger partial charge in [0, 0.05) is 13.6 Å². The Morgan fingerprint density at radius 3 is 3.00 bits per heavy atom. The first kappa shape index (κ1) is 12.4. The van der Waals surface area contributed by atoms with Gasteiger partial charge in [-0.25, -0.2) is 0 Å². The van der Waals surface area contributed by atoms with Crippen molar-refractivity contribution in [2.45, 2.75) is 32.1 Å². The van der Waals surface area contributed by atoms with Gasteiger partial charge in [-0.05, 0) is 53.3 Å². The summed E-state index contributed by atoms with van der Waals surface area (Å²) in [5.41, 5.74) is 0. The fraction of sp³-hybridized carbons (Fsp3) is 0.769. The lowest BCUT2D eigenvalue weighted by atomic mass is 9.86. The van der Waals surface area contributed by atoms with E-state index in [0.29, 0.717) is 5.82 Å². The highest BCUT2D eigenvalue weighted by molar-refractivity contribution is 5.51. The Labute approximate surface area is 112 Å². The number of rotatable bonds is 5. The standard InChI is InChI=1S/C13H20N4O2/c1-16-8-15-13(17(18)19)12(16)14-5-4-11-7-9-2-3-10(11)6-9/h8-11,14H,2-7H2,1H3/t9-,10-,11+/m0/s1. The van der Waals surface area contributed by atoms with Gasteiger partial charge in [0.15, 0.2) is 0 Å². The molecule has 2 saturated carbocycles. The van der Waals surface area contributed by atoms with Gasteiger partial charge >= 0.3 is 5.82 Å². The first-order valence-electron chi connectivity index (χ1n) is 7.04. The summed E-state index contributed by atoms with van der Waals surface area (Å²) in [6, 6.07) is 0. The van der Waals surface area contributed by atoms with Crippen molar-refractivity contribution < 1.29 is 4.92 Å². The second kappa shape index (κ2) is 4.83. The predicted octanol–water partition coefficient (Wildman–Crippen LogP) is 2.57. The van der Waals surface area contributed by atoms with Gasteiger partial charge in [-0.2, -0.15) is 0 Å². The third-order valence-electron chi connectivity index (χ3n) is 4.78. The molecule has 1 aromatic heterocycles. The number of anilines is 1. The summed E-state index contributed by atoms with van der Waals surface area (Å²) < 4.78 is 1.68. The molecule has 104 valence electrons. The summed E-state index contributed by atoms with van der Waals surface area (Å²) in [6.45, 7) is 0.800. The average molecular weight is 264 g/mol. The van der Waals surface area contributed by atoms with Gasteiger partial charge in [0.1, 0.15) is 0 Å². The van der Waals surface area contributed by atoms with Crippen LogP contribution in [0.5, 0.6) is 0 Å². The largest absolute Gasteiger partial charge is 0.406 e. The van der Waals surface area contributed by atoms with Crippen molar-refractivity contribution in [1.82, 2.24) is 9.55 Å². The molecule has 6 heteroatoms. The molecule has 0 aromatic carbocycles. The molecule has 2 aliphatic carbocycles. The summed E-state index contributed by atoms with van der Waals surface area (Å²) in [5.74, 6) is 3.14. The maximum atomic E-state index is 10.8. The number of nitrogens with one attached hydrogen (secondary N) is 1. The number of imidazole rings is 1. The van der Waals surface area contributed by atoms with Crippen molar-refractivity contribution in [2.75, 3.05) is 11.9 Å². The van der Waals surface area contributed by atoms with E-state index in [-0.39, 0.29) is 5.82 Å². The number of hydrogen-bond acceptors (Lipinski definition) is 4. The summed E-state index contributed by atoms with van der Waals surface area (Å²) in [6.07, 6.45) is 8.18. The van der Waals surface area contributed by atoms with Crippen LogP contribution in [0.1, 0.15) is 32.1 Å². The van der Waals surface area contributed by atoms with Crippen LogP contribution in [-0.4, -0.2) is 21.0 Å². The first-order chi connectivity index (χ1) is 9.15. The molecule has 3 rings (SSSR count). The van der Waals surface area contributed by atoms with Gasteiger partial charge in [-0.1, -0.05) is 6.42 Å². The molecule has 0 unspecified atom stereocenters. The third-order valence-corrected chi connectivity index (χ3v) is 4.78. The number of aromatic nitrogens is 2. The molecule has 0 amide bonds. The number of nitrogens with zero attached hydrogens (tertiary/aromatic N) is 3. The van der Waals surface area contributed by atoms with E-state index in [1.807, 2.05) is 0 Å². The summed E-state index contributed by atoms with van der Waals surface area (Å²) in [5, 5.41) is 14.0. The fourth-order valence-electron chi connectivity index (χ4n) is 3.86. The van der Waals surface area contributed by atoms with Gasteiger partial charge in [-0.3, -0.25) is 4.57 Å². The summed E-state index contributed by atoms with van der Waals surface area (Å²) in [4.78, 5) is 14.2. The van der Waals surface area contributed by atoms with Crippen LogP contribution >= 0.6 is 0 Å². The van der Waals surface area contributed by atoms with E-state index in [0.717, 1.165) is 30.7 Å². The van der Waals surface area contributed by atoms with Crippen molar-refractivity contribution in [3.05, 3.63) is 16.4 Å². The molecule has 2 bridgehead atoms. The number of hydrogen-bond donors (Lipinski definition) is 1. The Kier molecular flexibility index (Phi) is 3.16. The highest BCUT2D eigenvalue weighted by Crippen LogP contribution is 2.49. The van der Waals surface area contributed by atoms with Crippen LogP contribution < -0.4 is 5.32 Å². The van der Waals surface area contributed by atoms with Crippen molar-refractivity contribution in [3.63, 3.8) is 0 Å².